The molecule has 21 heavy (non-hydrogen) atoms. The summed E-state index contributed by atoms with van der Waals surface area (Å²) in [4.78, 5) is 14.5. The molecule has 1 aliphatic heterocycles. The van der Waals surface area contributed by atoms with Crippen molar-refractivity contribution in [2.75, 3.05) is 19.6 Å². The molecule has 2 aliphatic carbocycles. The standard InChI is InChI=1S/C17H30N2O2/c1-2-9-18-17(16(20)21)8-3-4-14(17)7-10-19-12-13-5-6-15(19)11-13/h13-15,18H,2-12H2,1H3,(H,20,21). The molecular weight excluding hydrogens is 264 g/mol. The van der Waals surface area contributed by atoms with E-state index in [-0.39, 0.29) is 0 Å². The summed E-state index contributed by atoms with van der Waals surface area (Å²) in [7, 11) is 0. The molecule has 3 aliphatic rings. The highest BCUT2D eigenvalue weighted by Crippen LogP contribution is 2.41. The highest BCUT2D eigenvalue weighted by molar-refractivity contribution is 5.79. The first-order valence-electron chi connectivity index (χ1n) is 8.88. The van der Waals surface area contributed by atoms with E-state index in [0.717, 1.165) is 57.2 Å². The molecule has 4 nitrogen and oxygen atoms in total. The number of rotatable bonds is 7. The van der Waals surface area contributed by atoms with E-state index in [9.17, 15) is 9.90 Å². The van der Waals surface area contributed by atoms with E-state index < -0.39 is 11.5 Å². The molecule has 4 heteroatoms. The number of carboxylic acid groups (broad SMARTS) is 1. The van der Waals surface area contributed by atoms with Gasteiger partial charge in [0, 0.05) is 12.6 Å². The fraction of sp³-hybridized carbons (Fsp3) is 0.941. The van der Waals surface area contributed by atoms with Crippen LogP contribution in [0.25, 0.3) is 0 Å². The number of fused-ring (bicyclic) bond motifs is 2. The van der Waals surface area contributed by atoms with Crippen LogP contribution in [0.2, 0.25) is 0 Å². The second kappa shape index (κ2) is 6.25. The third-order valence-corrected chi connectivity index (χ3v) is 6.18. The minimum absolute atomic E-state index is 0.306. The average Bonchev–Trinajstić information content (AvgIpc) is 3.18. The number of hydrogen-bond acceptors (Lipinski definition) is 3. The maximum atomic E-state index is 11.9. The number of carboxylic acids is 1. The van der Waals surface area contributed by atoms with Crippen molar-refractivity contribution < 1.29 is 9.90 Å². The van der Waals surface area contributed by atoms with E-state index in [2.05, 4.69) is 17.1 Å². The van der Waals surface area contributed by atoms with E-state index in [1.54, 1.807) is 0 Å². The summed E-state index contributed by atoms with van der Waals surface area (Å²) in [6, 6.07) is 0.805. The van der Waals surface area contributed by atoms with Gasteiger partial charge in [-0.1, -0.05) is 13.3 Å². The van der Waals surface area contributed by atoms with Gasteiger partial charge in [-0.05, 0) is 69.9 Å². The first kappa shape index (κ1) is 15.3. The van der Waals surface area contributed by atoms with E-state index in [1.165, 1.54) is 25.8 Å². The van der Waals surface area contributed by atoms with Gasteiger partial charge >= 0.3 is 5.97 Å². The average molecular weight is 294 g/mol. The minimum Gasteiger partial charge on any atom is -0.480 e. The largest absolute Gasteiger partial charge is 0.480 e. The monoisotopic (exact) mass is 294 g/mol. The molecule has 120 valence electrons. The summed E-state index contributed by atoms with van der Waals surface area (Å²) >= 11 is 0. The fourth-order valence-electron chi connectivity index (χ4n) is 5.03. The smallest absolute Gasteiger partial charge is 0.324 e. The van der Waals surface area contributed by atoms with Gasteiger partial charge in [-0.25, -0.2) is 0 Å². The number of aliphatic carboxylic acids is 1. The highest BCUT2D eigenvalue weighted by atomic mass is 16.4. The van der Waals surface area contributed by atoms with Crippen molar-refractivity contribution in [1.82, 2.24) is 10.2 Å². The molecule has 4 unspecified atom stereocenters. The van der Waals surface area contributed by atoms with Crippen molar-refractivity contribution in [3.8, 4) is 0 Å². The van der Waals surface area contributed by atoms with Crippen LogP contribution in [0, 0.1) is 11.8 Å². The molecule has 3 rings (SSSR count). The van der Waals surface area contributed by atoms with Crippen LogP contribution in [0.15, 0.2) is 0 Å². The Hall–Kier alpha value is -0.610. The molecule has 3 fully saturated rings. The number of piperidine rings is 1. The van der Waals surface area contributed by atoms with Gasteiger partial charge in [-0.3, -0.25) is 4.79 Å². The normalized spacial score (nSPS) is 39.2. The van der Waals surface area contributed by atoms with Crippen LogP contribution in [0.5, 0.6) is 0 Å². The molecule has 2 bridgehead atoms. The lowest BCUT2D eigenvalue weighted by molar-refractivity contribution is -0.146. The number of nitrogens with one attached hydrogen (secondary N) is 1. The molecule has 1 saturated heterocycles. The summed E-state index contributed by atoms with van der Waals surface area (Å²) in [6.45, 7) is 5.29. The van der Waals surface area contributed by atoms with Crippen molar-refractivity contribution in [1.29, 1.82) is 0 Å². The second-order valence-electron chi connectivity index (χ2n) is 7.41. The topological polar surface area (TPSA) is 52.6 Å². The van der Waals surface area contributed by atoms with Crippen LogP contribution >= 0.6 is 0 Å². The number of likely N-dealkylation sites (tertiary alicyclic amines) is 1. The Kier molecular flexibility index (Phi) is 4.55. The molecule has 2 N–H and O–H groups in total. The Labute approximate surface area is 128 Å². The molecular formula is C17H30N2O2. The summed E-state index contributed by atoms with van der Waals surface area (Å²) in [5.41, 5.74) is -0.644. The zero-order valence-electron chi connectivity index (χ0n) is 13.3. The summed E-state index contributed by atoms with van der Waals surface area (Å²) in [6.07, 6.45) is 9.16. The number of hydrogen-bond donors (Lipinski definition) is 2. The number of carbonyl (C=O) groups is 1. The lowest BCUT2D eigenvalue weighted by atomic mass is 9.84. The van der Waals surface area contributed by atoms with Crippen LogP contribution in [0.1, 0.15) is 58.3 Å². The summed E-state index contributed by atoms with van der Waals surface area (Å²) in [5.74, 6) is 0.614. The van der Waals surface area contributed by atoms with Crippen molar-refractivity contribution in [3.63, 3.8) is 0 Å². The predicted molar refractivity (Wildman–Crippen MR) is 83.3 cm³/mol. The van der Waals surface area contributed by atoms with E-state index in [0.29, 0.717) is 5.92 Å². The Bertz CT molecular complexity index is 387. The van der Waals surface area contributed by atoms with Gasteiger partial charge in [0.25, 0.3) is 0 Å². The van der Waals surface area contributed by atoms with E-state index in [1.807, 2.05) is 0 Å². The molecule has 0 spiro atoms. The Balaban J connectivity index is 1.58. The van der Waals surface area contributed by atoms with Gasteiger partial charge in [0.05, 0.1) is 0 Å². The summed E-state index contributed by atoms with van der Waals surface area (Å²) in [5, 5.41) is 13.2. The lowest BCUT2D eigenvalue weighted by Gasteiger charge is -2.35. The fourth-order valence-corrected chi connectivity index (χ4v) is 5.03. The maximum Gasteiger partial charge on any atom is 0.324 e. The van der Waals surface area contributed by atoms with Crippen LogP contribution < -0.4 is 5.32 Å². The van der Waals surface area contributed by atoms with Gasteiger partial charge in [-0.15, -0.1) is 0 Å². The van der Waals surface area contributed by atoms with Crippen molar-refractivity contribution >= 4 is 5.97 Å². The third kappa shape index (κ3) is 2.85. The van der Waals surface area contributed by atoms with Crippen LogP contribution in [0.3, 0.4) is 0 Å². The molecule has 4 atom stereocenters. The first-order valence-corrected chi connectivity index (χ1v) is 8.88. The van der Waals surface area contributed by atoms with Crippen LogP contribution in [-0.2, 0) is 4.79 Å². The third-order valence-electron chi connectivity index (χ3n) is 6.18. The van der Waals surface area contributed by atoms with Crippen molar-refractivity contribution in [2.45, 2.75) is 69.9 Å². The Morgan fingerprint density at radius 3 is 2.86 bits per heavy atom. The van der Waals surface area contributed by atoms with E-state index in [4.69, 9.17) is 0 Å². The molecule has 2 saturated carbocycles. The SMILES string of the molecule is CCCNC1(C(=O)O)CCCC1CCN1CC2CCC1C2. The molecule has 0 radical (unpaired) electrons. The molecule has 0 aromatic rings. The van der Waals surface area contributed by atoms with Crippen molar-refractivity contribution in [3.05, 3.63) is 0 Å². The minimum atomic E-state index is -0.644. The molecule has 1 heterocycles. The Morgan fingerprint density at radius 1 is 1.38 bits per heavy atom. The highest BCUT2D eigenvalue weighted by Gasteiger charge is 2.49. The molecule has 0 aromatic heterocycles. The van der Waals surface area contributed by atoms with Gasteiger partial charge in [-0.2, -0.15) is 0 Å². The number of nitrogens with zero attached hydrogens (tertiary/aromatic N) is 1. The first-order chi connectivity index (χ1) is 10.2. The van der Waals surface area contributed by atoms with Gasteiger partial charge in [0.15, 0.2) is 0 Å². The second-order valence-corrected chi connectivity index (χ2v) is 7.41. The van der Waals surface area contributed by atoms with Crippen LogP contribution in [0.4, 0.5) is 0 Å². The predicted octanol–water partition coefficient (Wildman–Crippen LogP) is 2.48. The van der Waals surface area contributed by atoms with E-state index >= 15 is 0 Å². The quantitative estimate of drug-likeness (QED) is 0.757. The van der Waals surface area contributed by atoms with Crippen LogP contribution in [-0.4, -0.2) is 47.2 Å². The lowest BCUT2D eigenvalue weighted by Crippen LogP contribution is -2.55. The van der Waals surface area contributed by atoms with Gasteiger partial charge in [0.2, 0.25) is 0 Å². The van der Waals surface area contributed by atoms with Crippen molar-refractivity contribution in [2.24, 2.45) is 11.8 Å². The maximum absolute atomic E-state index is 11.9. The zero-order valence-corrected chi connectivity index (χ0v) is 13.3. The Morgan fingerprint density at radius 2 is 2.24 bits per heavy atom. The molecule has 0 aromatic carbocycles. The summed E-state index contributed by atoms with van der Waals surface area (Å²) < 4.78 is 0. The van der Waals surface area contributed by atoms with Gasteiger partial charge < -0.3 is 15.3 Å². The molecule has 0 amide bonds. The van der Waals surface area contributed by atoms with Gasteiger partial charge in [0.1, 0.15) is 5.54 Å². The zero-order chi connectivity index (χ0) is 14.9.